The van der Waals surface area contributed by atoms with E-state index in [1.54, 1.807) is 69.4 Å². The van der Waals surface area contributed by atoms with Crippen LogP contribution >= 0.6 is 0 Å². The second-order valence-electron chi connectivity index (χ2n) is 15.7. The number of rotatable bonds is 11. The van der Waals surface area contributed by atoms with Crippen molar-refractivity contribution in [3.8, 4) is 11.3 Å². The summed E-state index contributed by atoms with van der Waals surface area (Å²) in [7, 11) is 2.47. The number of ether oxygens (including phenoxy) is 3. The predicted molar refractivity (Wildman–Crippen MR) is 225 cm³/mol. The molecule has 330 valence electrons. The number of likely N-dealkylation sites (tertiary alicyclic amines) is 1. The van der Waals surface area contributed by atoms with E-state index in [0.717, 1.165) is 5.69 Å². The van der Waals surface area contributed by atoms with Crippen LogP contribution in [0.5, 0.6) is 0 Å². The van der Waals surface area contributed by atoms with Crippen molar-refractivity contribution in [1.82, 2.24) is 40.4 Å². The van der Waals surface area contributed by atoms with E-state index >= 15 is 8.78 Å². The summed E-state index contributed by atoms with van der Waals surface area (Å²) in [4.78, 5) is 73.2. The lowest BCUT2D eigenvalue weighted by molar-refractivity contribution is -0.143. The number of carbonyl (C=O) groups is 4. The number of methoxy groups -OCH3 is 2. The fourth-order valence-electron chi connectivity index (χ4n) is 8.78. The smallest absolute Gasteiger partial charge is 0.407 e. The Labute approximate surface area is 362 Å². The predicted octanol–water partition coefficient (Wildman–Crippen LogP) is 6.22. The minimum absolute atomic E-state index is 0.0179. The van der Waals surface area contributed by atoms with Crippen LogP contribution in [-0.4, -0.2) is 107 Å². The number of hydrogen-bond acceptors (Lipinski definition) is 10. The van der Waals surface area contributed by atoms with Crippen LogP contribution in [0.4, 0.5) is 24.1 Å². The Morgan fingerprint density at radius 1 is 0.730 bits per heavy atom. The Morgan fingerprint density at radius 2 is 1.29 bits per heavy atom. The number of imidazole rings is 2. The van der Waals surface area contributed by atoms with Crippen molar-refractivity contribution >= 4 is 29.7 Å². The molecule has 0 unspecified atom stereocenters. The van der Waals surface area contributed by atoms with Crippen molar-refractivity contribution in [2.24, 2.45) is 0 Å². The molecule has 3 fully saturated rings. The molecule has 0 aliphatic carbocycles. The van der Waals surface area contributed by atoms with Crippen molar-refractivity contribution in [3.05, 3.63) is 125 Å². The van der Waals surface area contributed by atoms with Crippen molar-refractivity contribution in [3.63, 3.8) is 0 Å². The van der Waals surface area contributed by atoms with Crippen LogP contribution < -0.4 is 15.5 Å². The van der Waals surface area contributed by atoms with E-state index in [0.29, 0.717) is 80.4 Å². The highest BCUT2D eigenvalue weighted by atomic mass is 19.1. The fourth-order valence-corrected chi connectivity index (χ4v) is 8.78. The molecule has 3 aliphatic rings. The average molecular weight is 866 g/mol. The Hall–Kier alpha value is -6.82. The highest BCUT2D eigenvalue weighted by Crippen LogP contribution is 2.38. The van der Waals surface area contributed by atoms with Crippen LogP contribution in [-0.2, 0) is 23.8 Å². The molecule has 18 heteroatoms. The molecule has 0 radical (unpaired) electrons. The number of nitrogens with one attached hydrogen (secondary N) is 4. The molecule has 5 aromatic rings. The summed E-state index contributed by atoms with van der Waals surface area (Å²) in [6, 6.07) is 17.4. The SMILES string of the molecule is COC(=O)N[C@@H](C(=O)N1CCC[C@H]1c1ncc(-c2cc(F)c(N3CCC(c4cnc([C@@H]5COCCN5C(=O)[C@H](NC(=O)OC)c5ccccc5)[nH]4)CC3)c(F)c2)[nH]1)c1ccccc1. The van der Waals surface area contributed by atoms with Gasteiger partial charge in [0.25, 0.3) is 11.8 Å². The van der Waals surface area contributed by atoms with Gasteiger partial charge in [0.15, 0.2) is 0 Å². The number of carbonyl (C=O) groups excluding carboxylic acids is 4. The number of aromatic nitrogens is 4. The topological polar surface area (TPSA) is 187 Å². The monoisotopic (exact) mass is 865 g/mol. The van der Waals surface area contributed by atoms with Crippen LogP contribution in [0.3, 0.4) is 0 Å². The maximum atomic E-state index is 15.9. The maximum absolute atomic E-state index is 15.9. The van der Waals surface area contributed by atoms with E-state index in [2.05, 4.69) is 30.6 Å². The zero-order valence-electron chi connectivity index (χ0n) is 34.9. The molecule has 63 heavy (non-hydrogen) atoms. The normalized spacial score (nSPS) is 19.0. The summed E-state index contributed by atoms with van der Waals surface area (Å²) in [6.07, 6.45) is 4.26. The number of H-pyrrole nitrogens is 2. The van der Waals surface area contributed by atoms with E-state index in [4.69, 9.17) is 14.2 Å². The van der Waals surface area contributed by atoms with Crippen LogP contribution in [0.1, 0.15) is 84.2 Å². The first-order valence-corrected chi connectivity index (χ1v) is 20.9. The number of benzene rings is 3. The molecular formula is C45H49F2N9O7. The van der Waals surface area contributed by atoms with E-state index in [1.165, 1.54) is 32.5 Å². The second-order valence-corrected chi connectivity index (χ2v) is 15.7. The Morgan fingerprint density at radius 3 is 1.87 bits per heavy atom. The first-order valence-electron chi connectivity index (χ1n) is 20.9. The number of halogens is 2. The summed E-state index contributed by atoms with van der Waals surface area (Å²) in [6.45, 7) is 2.02. The standard InChI is InChI=1S/C45H49F2N9O7/c1-61-44(59)52-37(28-10-5-3-6-11-28)42(57)55-17-9-14-35(55)40-48-25-34(51-40)30-22-31(46)39(32(47)23-30)54-18-15-27(16-19-54)33-24-49-41(50-33)36-26-63-21-20-56(36)43(58)38(53-45(60)62-2)29-12-7-4-8-13-29/h3-8,10-13,22-25,27,35-38H,9,14-21,26H2,1-2H3,(H,48,51)(H,49,50)(H,52,59)(H,53,60)/t35-,36-,37+,38+/m0/s1. The van der Waals surface area contributed by atoms with Crippen molar-refractivity contribution < 1.29 is 42.2 Å². The van der Waals surface area contributed by atoms with E-state index in [-0.39, 0.29) is 42.1 Å². The van der Waals surface area contributed by atoms with Gasteiger partial charge in [-0.05, 0) is 48.9 Å². The van der Waals surface area contributed by atoms with Crippen molar-refractivity contribution in [2.45, 2.75) is 55.8 Å². The summed E-state index contributed by atoms with van der Waals surface area (Å²) >= 11 is 0. The van der Waals surface area contributed by atoms with E-state index in [9.17, 15) is 19.2 Å². The molecule has 0 bridgehead atoms. The molecule has 5 heterocycles. The molecule has 3 aliphatic heterocycles. The Bertz CT molecular complexity index is 2380. The third kappa shape index (κ3) is 9.21. The molecule has 3 saturated heterocycles. The van der Waals surface area contributed by atoms with Gasteiger partial charge in [0.2, 0.25) is 0 Å². The van der Waals surface area contributed by atoms with Gasteiger partial charge in [-0.25, -0.2) is 28.3 Å². The number of alkyl carbamates (subject to hydrolysis) is 2. The highest BCUT2D eigenvalue weighted by molar-refractivity contribution is 5.88. The van der Waals surface area contributed by atoms with Gasteiger partial charge in [0.05, 0.1) is 45.4 Å². The van der Waals surface area contributed by atoms with Crippen LogP contribution in [0.15, 0.2) is 85.2 Å². The molecular weight excluding hydrogens is 817 g/mol. The molecule has 0 spiro atoms. The van der Waals surface area contributed by atoms with Crippen molar-refractivity contribution in [2.75, 3.05) is 58.5 Å². The molecule has 4 amide bonds. The van der Waals surface area contributed by atoms with Crippen molar-refractivity contribution in [1.29, 1.82) is 0 Å². The number of morpholine rings is 1. The molecule has 2 aromatic heterocycles. The third-order valence-corrected chi connectivity index (χ3v) is 12.0. The zero-order chi connectivity index (χ0) is 44.0. The number of hydrogen-bond donors (Lipinski definition) is 4. The zero-order valence-corrected chi connectivity index (χ0v) is 34.9. The quantitative estimate of drug-likeness (QED) is 0.119. The largest absolute Gasteiger partial charge is 0.453 e. The van der Waals surface area contributed by atoms with Crippen LogP contribution in [0.25, 0.3) is 11.3 Å². The summed E-state index contributed by atoms with van der Waals surface area (Å²) in [5.41, 5.74) is 2.61. The number of aromatic amines is 2. The lowest BCUT2D eigenvalue weighted by Gasteiger charge is -2.37. The van der Waals surface area contributed by atoms with Gasteiger partial charge in [-0.2, -0.15) is 0 Å². The van der Waals surface area contributed by atoms with E-state index < -0.39 is 48.0 Å². The third-order valence-electron chi connectivity index (χ3n) is 12.0. The highest BCUT2D eigenvalue weighted by Gasteiger charge is 2.39. The number of nitrogens with zero attached hydrogens (tertiary/aromatic N) is 5. The lowest BCUT2D eigenvalue weighted by Crippen LogP contribution is -2.49. The number of piperidine rings is 1. The maximum Gasteiger partial charge on any atom is 0.407 e. The van der Waals surface area contributed by atoms with Crippen LogP contribution in [0, 0.1) is 11.6 Å². The molecule has 8 rings (SSSR count). The molecule has 3 aromatic carbocycles. The Kier molecular flexibility index (Phi) is 13.0. The van der Waals surface area contributed by atoms with Gasteiger partial charge in [0.1, 0.15) is 47.1 Å². The first-order chi connectivity index (χ1) is 30.6. The lowest BCUT2D eigenvalue weighted by atomic mass is 9.93. The van der Waals surface area contributed by atoms with Gasteiger partial charge in [-0.1, -0.05) is 60.7 Å². The molecule has 16 nitrogen and oxygen atoms in total. The van der Waals surface area contributed by atoms with Gasteiger partial charge in [-0.3, -0.25) is 9.59 Å². The second kappa shape index (κ2) is 19.1. The minimum Gasteiger partial charge on any atom is -0.453 e. The summed E-state index contributed by atoms with van der Waals surface area (Å²) in [5.74, 6) is -1.05. The van der Waals surface area contributed by atoms with Gasteiger partial charge in [0, 0.05) is 49.6 Å². The fraction of sp³-hybridized carbons (Fsp3) is 0.378. The Balaban J connectivity index is 0.920. The number of anilines is 1. The van der Waals surface area contributed by atoms with Gasteiger partial charge >= 0.3 is 12.2 Å². The summed E-state index contributed by atoms with van der Waals surface area (Å²) < 4.78 is 47.2. The van der Waals surface area contributed by atoms with Crippen LogP contribution in [0.2, 0.25) is 0 Å². The summed E-state index contributed by atoms with van der Waals surface area (Å²) in [5, 5.41) is 5.31. The van der Waals surface area contributed by atoms with E-state index in [1.807, 2.05) is 12.1 Å². The molecule has 0 saturated carbocycles. The number of amides is 4. The molecule has 4 N–H and O–H groups in total. The van der Waals surface area contributed by atoms with Gasteiger partial charge < -0.3 is 49.5 Å². The molecule has 4 atom stereocenters. The first kappa shape index (κ1) is 42.9. The van der Waals surface area contributed by atoms with Gasteiger partial charge in [-0.15, -0.1) is 0 Å². The minimum atomic E-state index is -0.984. The average Bonchev–Trinajstić information content (AvgIpc) is 4.12.